The maximum atomic E-state index is 13.2. The van der Waals surface area contributed by atoms with Gasteiger partial charge >= 0.3 is 6.09 Å². The minimum atomic E-state index is -0.905. The minimum Gasteiger partial charge on any atom is -0.434 e. The molecule has 2 aromatic rings. The van der Waals surface area contributed by atoms with Crippen molar-refractivity contribution in [3.05, 3.63) is 84.2 Å². The average Bonchev–Trinajstić information content (AvgIpc) is 2.62. The van der Waals surface area contributed by atoms with E-state index in [0.29, 0.717) is 13.0 Å². The van der Waals surface area contributed by atoms with E-state index in [1.165, 1.54) is 12.1 Å². The maximum absolute atomic E-state index is 13.2. The van der Waals surface area contributed by atoms with Crippen LogP contribution in [-0.4, -0.2) is 17.5 Å². The zero-order valence-corrected chi connectivity index (χ0v) is 13.6. The van der Waals surface area contributed by atoms with E-state index in [1.54, 1.807) is 23.1 Å². The van der Waals surface area contributed by atoms with Gasteiger partial charge in [0.1, 0.15) is 5.82 Å². The summed E-state index contributed by atoms with van der Waals surface area (Å²) < 4.78 is 18.9. The lowest BCUT2D eigenvalue weighted by Gasteiger charge is -2.42. The molecule has 0 bridgehead atoms. The van der Waals surface area contributed by atoms with Gasteiger partial charge in [0.2, 0.25) is 0 Å². The minimum absolute atomic E-state index is 0.0743. The fraction of sp³-hybridized carbons (Fsp3) is 0.250. The number of cyclic esters (lactones) is 1. The van der Waals surface area contributed by atoms with Gasteiger partial charge in [0.15, 0.2) is 5.60 Å². The Morgan fingerprint density at radius 2 is 1.88 bits per heavy atom. The van der Waals surface area contributed by atoms with Crippen molar-refractivity contribution in [2.75, 3.05) is 6.54 Å². The van der Waals surface area contributed by atoms with Crippen molar-refractivity contribution in [2.45, 2.75) is 25.0 Å². The van der Waals surface area contributed by atoms with E-state index >= 15 is 0 Å². The molecule has 0 aromatic heterocycles. The molecule has 1 amide bonds. The second-order valence-electron chi connectivity index (χ2n) is 6.00. The lowest BCUT2D eigenvalue weighted by atomic mass is 9.88. The summed E-state index contributed by atoms with van der Waals surface area (Å²) in [4.78, 5) is 14.3. The highest BCUT2D eigenvalue weighted by molar-refractivity contribution is 5.70. The third-order valence-corrected chi connectivity index (χ3v) is 4.64. The topological polar surface area (TPSA) is 29.5 Å². The van der Waals surface area contributed by atoms with Gasteiger partial charge in [0.05, 0.1) is 6.04 Å². The summed E-state index contributed by atoms with van der Waals surface area (Å²) in [6.45, 7) is 6.35. The third kappa shape index (κ3) is 2.92. The molecule has 1 heterocycles. The van der Waals surface area contributed by atoms with Crippen molar-refractivity contribution in [1.82, 2.24) is 4.90 Å². The number of nitrogens with zero attached hydrogens (tertiary/aromatic N) is 1. The van der Waals surface area contributed by atoms with Crippen molar-refractivity contribution >= 4 is 6.09 Å². The van der Waals surface area contributed by atoms with Gasteiger partial charge in [-0.15, -0.1) is 0 Å². The molecule has 2 atom stereocenters. The number of carbonyl (C=O) groups is 1. The Kier molecular flexibility index (Phi) is 4.38. The summed E-state index contributed by atoms with van der Waals surface area (Å²) in [5.41, 5.74) is 0.888. The number of hydrogen-bond donors (Lipinski definition) is 0. The molecule has 1 unspecified atom stereocenters. The first kappa shape index (κ1) is 16.2. The summed E-state index contributed by atoms with van der Waals surface area (Å²) in [5, 5.41) is 0. The fourth-order valence-corrected chi connectivity index (χ4v) is 3.10. The summed E-state index contributed by atoms with van der Waals surface area (Å²) in [6, 6.07) is 15.8. The van der Waals surface area contributed by atoms with Crippen LogP contribution in [0.3, 0.4) is 0 Å². The Labute approximate surface area is 141 Å². The Morgan fingerprint density at radius 1 is 1.21 bits per heavy atom. The SMILES string of the molecule is C=CC1(c2ccc(F)cc2)CCN([C@@H](C)c2ccccc2)C(=O)O1. The Balaban J connectivity index is 1.82. The first-order valence-corrected chi connectivity index (χ1v) is 8.00. The lowest BCUT2D eigenvalue weighted by Crippen LogP contribution is -2.47. The van der Waals surface area contributed by atoms with Crippen LogP contribution >= 0.6 is 0 Å². The van der Waals surface area contributed by atoms with Gasteiger partial charge in [0, 0.05) is 13.0 Å². The van der Waals surface area contributed by atoms with E-state index < -0.39 is 5.60 Å². The summed E-state index contributed by atoms with van der Waals surface area (Å²) >= 11 is 0. The number of hydrogen-bond acceptors (Lipinski definition) is 2. The lowest BCUT2D eigenvalue weighted by molar-refractivity contribution is -0.0313. The van der Waals surface area contributed by atoms with Crippen LogP contribution in [0, 0.1) is 5.82 Å². The normalized spacial score (nSPS) is 21.9. The van der Waals surface area contributed by atoms with Crippen LogP contribution in [-0.2, 0) is 10.3 Å². The van der Waals surface area contributed by atoms with Gasteiger partial charge in [-0.1, -0.05) is 49.0 Å². The molecule has 124 valence electrons. The predicted molar refractivity (Wildman–Crippen MR) is 90.9 cm³/mol. The van der Waals surface area contributed by atoms with Crippen molar-refractivity contribution in [3.63, 3.8) is 0 Å². The van der Waals surface area contributed by atoms with Gasteiger partial charge in [-0.05, 0) is 36.3 Å². The van der Waals surface area contributed by atoms with Crippen LogP contribution in [0.25, 0.3) is 0 Å². The molecule has 1 saturated heterocycles. The zero-order valence-electron chi connectivity index (χ0n) is 13.6. The molecule has 1 aliphatic heterocycles. The zero-order chi connectivity index (χ0) is 17.2. The van der Waals surface area contributed by atoms with Crippen molar-refractivity contribution in [3.8, 4) is 0 Å². The van der Waals surface area contributed by atoms with Gasteiger partial charge in [0.25, 0.3) is 0 Å². The largest absolute Gasteiger partial charge is 0.434 e. The fourth-order valence-electron chi connectivity index (χ4n) is 3.10. The maximum Gasteiger partial charge on any atom is 0.411 e. The van der Waals surface area contributed by atoms with Crippen LogP contribution < -0.4 is 0 Å². The molecule has 0 N–H and O–H groups in total. The first-order valence-electron chi connectivity index (χ1n) is 8.00. The molecule has 24 heavy (non-hydrogen) atoms. The number of rotatable bonds is 4. The molecule has 0 aliphatic carbocycles. The van der Waals surface area contributed by atoms with Gasteiger partial charge in [-0.3, -0.25) is 0 Å². The molecular formula is C20H20FNO2. The molecule has 4 heteroatoms. The number of ether oxygens (including phenoxy) is 1. The third-order valence-electron chi connectivity index (χ3n) is 4.64. The van der Waals surface area contributed by atoms with Crippen LogP contribution in [0.5, 0.6) is 0 Å². The molecule has 0 saturated carbocycles. The second-order valence-corrected chi connectivity index (χ2v) is 6.00. The highest BCUT2D eigenvalue weighted by Gasteiger charge is 2.41. The average molecular weight is 325 g/mol. The molecule has 0 spiro atoms. The Bertz CT molecular complexity index is 729. The van der Waals surface area contributed by atoms with E-state index in [2.05, 4.69) is 6.58 Å². The van der Waals surface area contributed by atoms with Gasteiger partial charge < -0.3 is 9.64 Å². The highest BCUT2D eigenvalue weighted by atomic mass is 19.1. The van der Waals surface area contributed by atoms with Crippen molar-refractivity contribution in [2.24, 2.45) is 0 Å². The Morgan fingerprint density at radius 3 is 2.46 bits per heavy atom. The molecule has 1 aliphatic rings. The van der Waals surface area contributed by atoms with E-state index in [9.17, 15) is 9.18 Å². The van der Waals surface area contributed by atoms with Gasteiger partial charge in [-0.25, -0.2) is 9.18 Å². The molecule has 3 nitrogen and oxygen atoms in total. The Hall–Kier alpha value is -2.62. The molecule has 3 rings (SSSR count). The number of halogens is 1. The van der Waals surface area contributed by atoms with E-state index in [-0.39, 0.29) is 18.0 Å². The summed E-state index contributed by atoms with van der Waals surface area (Å²) in [5.74, 6) is -0.320. The molecule has 2 aromatic carbocycles. The van der Waals surface area contributed by atoms with Crippen LogP contribution in [0.4, 0.5) is 9.18 Å². The highest BCUT2D eigenvalue weighted by Crippen LogP contribution is 2.37. The smallest absolute Gasteiger partial charge is 0.411 e. The molecular weight excluding hydrogens is 305 g/mol. The second kappa shape index (κ2) is 6.48. The van der Waals surface area contributed by atoms with Crippen LogP contribution in [0.1, 0.15) is 30.5 Å². The number of benzene rings is 2. The quantitative estimate of drug-likeness (QED) is 0.755. The standard InChI is InChI=1S/C20H20FNO2/c1-3-20(17-9-11-18(21)12-10-17)13-14-22(19(23)24-20)15(2)16-7-5-4-6-8-16/h3-12,15H,1,13-14H2,2H3/t15-,20?/m0/s1. The molecule has 0 radical (unpaired) electrons. The van der Waals surface area contributed by atoms with E-state index in [1.807, 2.05) is 37.3 Å². The van der Waals surface area contributed by atoms with Crippen LogP contribution in [0.2, 0.25) is 0 Å². The van der Waals surface area contributed by atoms with E-state index in [4.69, 9.17) is 4.74 Å². The van der Waals surface area contributed by atoms with Gasteiger partial charge in [-0.2, -0.15) is 0 Å². The van der Waals surface area contributed by atoms with Crippen molar-refractivity contribution < 1.29 is 13.9 Å². The van der Waals surface area contributed by atoms with E-state index in [0.717, 1.165) is 11.1 Å². The predicted octanol–water partition coefficient (Wildman–Crippen LogP) is 4.81. The number of carbonyl (C=O) groups excluding carboxylic acids is 1. The van der Waals surface area contributed by atoms with Crippen LogP contribution in [0.15, 0.2) is 67.3 Å². The monoisotopic (exact) mass is 325 g/mol. The number of amides is 1. The first-order chi connectivity index (χ1) is 11.6. The summed E-state index contributed by atoms with van der Waals surface area (Å²) in [7, 11) is 0. The molecule has 1 fully saturated rings. The summed E-state index contributed by atoms with van der Waals surface area (Å²) in [6.07, 6.45) is 1.81. The van der Waals surface area contributed by atoms with Crippen molar-refractivity contribution in [1.29, 1.82) is 0 Å².